The number of anilines is 1. The average Bonchev–Trinajstić information content (AvgIpc) is 3.01. The number of carbonyl (C=O) groups is 2. The van der Waals surface area contributed by atoms with E-state index in [0.717, 1.165) is 25.8 Å². The number of H-pyrrole nitrogens is 1. The Labute approximate surface area is 142 Å². The highest BCUT2D eigenvalue weighted by atomic mass is 32.1. The van der Waals surface area contributed by atoms with Crippen molar-refractivity contribution in [2.75, 3.05) is 11.9 Å². The predicted molar refractivity (Wildman–Crippen MR) is 87.4 cm³/mol. The van der Waals surface area contributed by atoms with Gasteiger partial charge in [-0.3, -0.25) is 10.1 Å². The fourth-order valence-electron chi connectivity index (χ4n) is 2.38. The van der Waals surface area contributed by atoms with Crippen molar-refractivity contribution in [2.24, 2.45) is 0 Å². The van der Waals surface area contributed by atoms with Crippen LogP contribution >= 0.6 is 12.2 Å². The lowest BCUT2D eigenvalue weighted by atomic mass is 10.1. The maximum Gasteiger partial charge on any atom is 0.328 e. The van der Waals surface area contributed by atoms with Gasteiger partial charge in [0.1, 0.15) is 11.8 Å². The van der Waals surface area contributed by atoms with Gasteiger partial charge in [-0.05, 0) is 55.9 Å². The Morgan fingerprint density at radius 2 is 2.08 bits per heavy atom. The molecule has 8 nitrogen and oxygen atoms in total. The molecule has 9 heteroatoms. The Balaban J connectivity index is 1.59. The average molecular weight is 348 g/mol. The number of carbonyl (C=O) groups excluding carboxylic acids is 2. The van der Waals surface area contributed by atoms with E-state index in [0.29, 0.717) is 11.3 Å². The van der Waals surface area contributed by atoms with Crippen molar-refractivity contribution in [2.45, 2.75) is 25.3 Å². The van der Waals surface area contributed by atoms with Gasteiger partial charge < -0.3 is 14.6 Å². The molecule has 1 aromatic carbocycles. The van der Waals surface area contributed by atoms with Gasteiger partial charge in [0.05, 0.1) is 0 Å². The fourth-order valence-corrected chi connectivity index (χ4v) is 2.51. The van der Waals surface area contributed by atoms with Gasteiger partial charge >= 0.3 is 10.8 Å². The summed E-state index contributed by atoms with van der Waals surface area (Å²) < 4.78 is 10.1. The molecule has 0 saturated carbocycles. The molecule has 2 heterocycles. The lowest BCUT2D eigenvalue weighted by Gasteiger charge is -2.21. The predicted octanol–water partition coefficient (Wildman–Crippen LogP) is 2.03. The van der Waals surface area contributed by atoms with Crippen LogP contribution in [-0.4, -0.2) is 34.6 Å². The van der Waals surface area contributed by atoms with E-state index in [1.54, 1.807) is 24.3 Å². The van der Waals surface area contributed by atoms with E-state index < -0.39 is 0 Å². The molecular formula is C15H16N4O4S. The number of hydrogen-bond acceptors (Lipinski definition) is 7. The Kier molecular flexibility index (Phi) is 5.02. The SMILES string of the molecule is O=C(Nc1nc(=S)o[nH]1)c1ccc(OC(=O)C2CCCCN2)cc1. The first-order chi connectivity index (χ1) is 11.6. The van der Waals surface area contributed by atoms with Gasteiger partial charge in [-0.1, -0.05) is 6.42 Å². The summed E-state index contributed by atoms with van der Waals surface area (Å²) in [4.78, 5) is 27.8. The third-order valence-electron chi connectivity index (χ3n) is 3.60. The molecule has 1 atom stereocenters. The zero-order valence-electron chi connectivity index (χ0n) is 12.7. The first-order valence-electron chi connectivity index (χ1n) is 7.54. The van der Waals surface area contributed by atoms with Crippen LogP contribution in [0.5, 0.6) is 5.75 Å². The van der Waals surface area contributed by atoms with Gasteiger partial charge in [0.15, 0.2) is 0 Å². The van der Waals surface area contributed by atoms with Crippen molar-refractivity contribution in [3.8, 4) is 5.75 Å². The van der Waals surface area contributed by atoms with Crippen molar-refractivity contribution >= 4 is 30.0 Å². The standard InChI is InChI=1S/C15H16N4O4S/c20-12(17-14-18-15(24)23-19-14)9-4-6-10(7-5-9)22-13(21)11-3-1-2-8-16-11/h4-7,11,16H,1-3,8H2,(H2,17,18,19,20,24). The highest BCUT2D eigenvalue weighted by Crippen LogP contribution is 2.16. The Bertz CT molecular complexity index is 777. The van der Waals surface area contributed by atoms with Gasteiger partial charge in [0.2, 0.25) is 5.95 Å². The van der Waals surface area contributed by atoms with Crippen LogP contribution in [0.15, 0.2) is 28.8 Å². The molecule has 0 spiro atoms. The van der Waals surface area contributed by atoms with Gasteiger partial charge in [-0.2, -0.15) is 10.1 Å². The van der Waals surface area contributed by atoms with Crippen molar-refractivity contribution in [3.05, 3.63) is 34.7 Å². The quantitative estimate of drug-likeness (QED) is 0.440. The van der Waals surface area contributed by atoms with E-state index in [4.69, 9.17) is 21.5 Å². The van der Waals surface area contributed by atoms with E-state index >= 15 is 0 Å². The van der Waals surface area contributed by atoms with Crippen LogP contribution in [-0.2, 0) is 4.79 Å². The van der Waals surface area contributed by atoms with Gasteiger partial charge in [0.25, 0.3) is 5.91 Å². The summed E-state index contributed by atoms with van der Waals surface area (Å²) >= 11 is 4.70. The molecule has 1 aliphatic heterocycles. The number of rotatable bonds is 4. The van der Waals surface area contributed by atoms with Crippen LogP contribution in [0.4, 0.5) is 5.95 Å². The van der Waals surface area contributed by atoms with Crippen molar-refractivity contribution < 1.29 is 18.8 Å². The maximum atomic E-state index is 12.0. The second-order valence-electron chi connectivity index (χ2n) is 5.33. The summed E-state index contributed by atoms with van der Waals surface area (Å²) in [5.41, 5.74) is 0.382. The molecule has 0 bridgehead atoms. The van der Waals surface area contributed by atoms with Gasteiger partial charge in [-0.25, -0.2) is 4.79 Å². The Morgan fingerprint density at radius 3 is 2.71 bits per heavy atom. The largest absolute Gasteiger partial charge is 0.425 e. The van der Waals surface area contributed by atoms with E-state index in [-0.39, 0.29) is 28.7 Å². The van der Waals surface area contributed by atoms with Gasteiger partial charge in [0, 0.05) is 5.56 Å². The normalized spacial score (nSPS) is 17.2. The minimum atomic E-state index is -0.388. The summed E-state index contributed by atoms with van der Waals surface area (Å²) in [5, 5.41) is 8.02. The molecule has 1 aromatic heterocycles. The van der Waals surface area contributed by atoms with Crippen LogP contribution < -0.4 is 15.4 Å². The van der Waals surface area contributed by atoms with E-state index in [1.165, 1.54) is 0 Å². The lowest BCUT2D eigenvalue weighted by molar-refractivity contribution is -0.137. The fraction of sp³-hybridized carbons (Fsp3) is 0.333. The summed E-state index contributed by atoms with van der Waals surface area (Å²) in [6.07, 6.45) is 2.86. The molecule has 2 aromatic rings. The number of hydrogen-bond donors (Lipinski definition) is 3. The highest BCUT2D eigenvalue weighted by Gasteiger charge is 2.22. The lowest BCUT2D eigenvalue weighted by Crippen LogP contribution is -2.42. The Hall–Kier alpha value is -2.52. The molecule has 1 fully saturated rings. The van der Waals surface area contributed by atoms with E-state index in [1.807, 2.05) is 0 Å². The molecule has 0 aliphatic carbocycles. The number of benzene rings is 1. The van der Waals surface area contributed by atoms with Crippen LogP contribution in [0, 0.1) is 4.84 Å². The van der Waals surface area contributed by atoms with Crippen LogP contribution in [0.3, 0.4) is 0 Å². The zero-order chi connectivity index (χ0) is 16.9. The van der Waals surface area contributed by atoms with Gasteiger partial charge in [-0.15, -0.1) is 0 Å². The number of aromatic amines is 1. The Morgan fingerprint density at radius 1 is 1.29 bits per heavy atom. The minimum absolute atomic E-state index is 0.00359. The zero-order valence-corrected chi connectivity index (χ0v) is 13.5. The summed E-state index contributed by atoms with van der Waals surface area (Å²) in [5.74, 6) is -0.169. The first-order valence-corrected chi connectivity index (χ1v) is 7.94. The van der Waals surface area contributed by atoms with Crippen LogP contribution in [0.1, 0.15) is 29.6 Å². The first kappa shape index (κ1) is 16.3. The number of esters is 1. The molecule has 3 rings (SSSR count). The summed E-state index contributed by atoms with van der Waals surface area (Å²) in [6, 6.07) is 5.99. The van der Waals surface area contributed by atoms with Crippen molar-refractivity contribution in [3.63, 3.8) is 0 Å². The summed E-state index contributed by atoms with van der Waals surface area (Å²) in [6.45, 7) is 0.823. The highest BCUT2D eigenvalue weighted by molar-refractivity contribution is 7.71. The molecule has 24 heavy (non-hydrogen) atoms. The molecule has 1 amide bonds. The topological polar surface area (TPSA) is 109 Å². The summed E-state index contributed by atoms with van der Waals surface area (Å²) in [7, 11) is 0. The third-order valence-corrected chi connectivity index (χ3v) is 3.77. The number of nitrogens with one attached hydrogen (secondary N) is 3. The number of amides is 1. The molecule has 3 N–H and O–H groups in total. The monoisotopic (exact) mass is 348 g/mol. The minimum Gasteiger partial charge on any atom is -0.425 e. The third kappa shape index (κ3) is 4.06. The van der Waals surface area contributed by atoms with Crippen molar-refractivity contribution in [1.82, 2.24) is 15.5 Å². The van der Waals surface area contributed by atoms with Crippen molar-refractivity contribution in [1.29, 1.82) is 0 Å². The second-order valence-corrected chi connectivity index (χ2v) is 5.68. The molecule has 1 saturated heterocycles. The number of nitrogens with zero attached hydrogens (tertiary/aromatic N) is 1. The number of piperidine rings is 1. The van der Waals surface area contributed by atoms with E-state index in [2.05, 4.69) is 20.8 Å². The maximum absolute atomic E-state index is 12.0. The van der Waals surface area contributed by atoms with Crippen LogP contribution in [0.25, 0.3) is 0 Å². The molecule has 0 radical (unpaired) electrons. The molecule has 1 unspecified atom stereocenters. The van der Waals surface area contributed by atoms with E-state index in [9.17, 15) is 9.59 Å². The smallest absolute Gasteiger partial charge is 0.328 e. The second kappa shape index (κ2) is 7.37. The molecular weight excluding hydrogens is 332 g/mol. The molecule has 1 aliphatic rings. The number of ether oxygens (including phenoxy) is 1. The molecule has 126 valence electrons. The number of aromatic nitrogens is 2. The van der Waals surface area contributed by atoms with Crippen LogP contribution in [0.2, 0.25) is 0 Å².